The number of ketones is 1. The van der Waals surface area contributed by atoms with Crippen molar-refractivity contribution in [1.29, 1.82) is 0 Å². The normalized spacial score (nSPS) is 16.9. The number of sulfone groups is 1. The molecule has 0 bridgehead atoms. The molecule has 0 aromatic heterocycles. The first-order valence-corrected chi connectivity index (χ1v) is 13.4. The van der Waals surface area contributed by atoms with Crippen molar-refractivity contribution in [2.75, 3.05) is 68.0 Å². The fraction of sp³-hybridized carbons (Fsp3) is 0.440. The standard InChI is InChI=1S/C25H30FN3O5S/c1-3-35(32,33)20-5-7-23(28-12-14-34-15-13-28)21(17-20)25(31)29-10-8-27(9-11-29)24-6-4-19(18(2)30)16-22(24)26/h4-7,16-17H,3,8-15H2,1-2H3. The van der Waals surface area contributed by atoms with Crippen LogP contribution in [0.3, 0.4) is 0 Å². The molecule has 2 saturated heterocycles. The molecule has 2 fully saturated rings. The SMILES string of the molecule is CCS(=O)(=O)c1ccc(N2CCOCC2)c(C(=O)N2CCN(c3ccc(C(C)=O)cc3F)CC2)c1. The molecule has 2 heterocycles. The third-order valence-corrected chi connectivity index (χ3v) is 8.28. The minimum Gasteiger partial charge on any atom is -0.378 e. The first kappa shape index (κ1) is 25.1. The number of rotatable bonds is 6. The summed E-state index contributed by atoms with van der Waals surface area (Å²) in [5, 5.41) is 0. The molecular formula is C25H30FN3O5S. The molecule has 10 heteroatoms. The van der Waals surface area contributed by atoms with Crippen LogP contribution in [0.25, 0.3) is 0 Å². The van der Waals surface area contributed by atoms with Crippen LogP contribution in [0.5, 0.6) is 0 Å². The Labute approximate surface area is 205 Å². The van der Waals surface area contributed by atoms with Crippen LogP contribution >= 0.6 is 0 Å². The zero-order valence-corrected chi connectivity index (χ0v) is 20.8. The summed E-state index contributed by atoms with van der Waals surface area (Å²) in [7, 11) is -3.48. The van der Waals surface area contributed by atoms with E-state index in [-0.39, 0.29) is 22.3 Å². The van der Waals surface area contributed by atoms with Gasteiger partial charge in [0, 0.05) is 50.5 Å². The number of anilines is 2. The van der Waals surface area contributed by atoms with Crippen molar-refractivity contribution >= 4 is 32.9 Å². The van der Waals surface area contributed by atoms with Gasteiger partial charge in [-0.15, -0.1) is 0 Å². The molecule has 0 unspecified atom stereocenters. The summed E-state index contributed by atoms with van der Waals surface area (Å²) in [4.78, 5) is 30.8. The summed E-state index contributed by atoms with van der Waals surface area (Å²) in [6, 6.07) is 9.20. The molecule has 2 aliphatic heterocycles. The van der Waals surface area contributed by atoms with Gasteiger partial charge in [0.15, 0.2) is 15.6 Å². The molecule has 0 N–H and O–H groups in total. The van der Waals surface area contributed by atoms with E-state index in [4.69, 9.17) is 4.74 Å². The molecule has 35 heavy (non-hydrogen) atoms. The number of morpholine rings is 1. The van der Waals surface area contributed by atoms with E-state index in [0.717, 1.165) is 0 Å². The Hall–Kier alpha value is -2.98. The maximum Gasteiger partial charge on any atom is 0.256 e. The monoisotopic (exact) mass is 503 g/mol. The molecule has 0 radical (unpaired) electrons. The predicted molar refractivity (Wildman–Crippen MR) is 132 cm³/mol. The highest BCUT2D eigenvalue weighted by Crippen LogP contribution is 2.28. The molecule has 0 atom stereocenters. The number of benzene rings is 2. The third kappa shape index (κ3) is 5.33. The van der Waals surface area contributed by atoms with Crippen molar-refractivity contribution in [3.8, 4) is 0 Å². The van der Waals surface area contributed by atoms with Gasteiger partial charge in [-0.1, -0.05) is 6.92 Å². The largest absolute Gasteiger partial charge is 0.378 e. The number of hydrogen-bond donors (Lipinski definition) is 0. The lowest BCUT2D eigenvalue weighted by Crippen LogP contribution is -2.49. The second-order valence-corrected chi connectivity index (χ2v) is 11.0. The Morgan fingerprint density at radius 3 is 2.14 bits per heavy atom. The minimum atomic E-state index is -3.48. The summed E-state index contributed by atoms with van der Waals surface area (Å²) in [5.41, 5.74) is 1.76. The average molecular weight is 504 g/mol. The molecule has 2 aromatic rings. The Morgan fingerprint density at radius 1 is 0.914 bits per heavy atom. The minimum absolute atomic E-state index is 0.0514. The molecule has 2 aromatic carbocycles. The zero-order chi connectivity index (χ0) is 25.2. The lowest BCUT2D eigenvalue weighted by atomic mass is 10.1. The van der Waals surface area contributed by atoms with E-state index < -0.39 is 15.7 Å². The van der Waals surface area contributed by atoms with Crippen molar-refractivity contribution in [3.05, 3.63) is 53.3 Å². The highest BCUT2D eigenvalue weighted by atomic mass is 32.2. The fourth-order valence-corrected chi connectivity index (χ4v) is 5.34. The van der Waals surface area contributed by atoms with Crippen LogP contribution in [0.2, 0.25) is 0 Å². The Bertz CT molecular complexity index is 1220. The van der Waals surface area contributed by atoms with Crippen LogP contribution in [0, 0.1) is 5.82 Å². The summed E-state index contributed by atoms with van der Waals surface area (Å²) in [6.07, 6.45) is 0. The van der Waals surface area contributed by atoms with Crippen molar-refractivity contribution in [1.82, 2.24) is 4.90 Å². The average Bonchev–Trinajstić information content (AvgIpc) is 2.88. The lowest BCUT2D eigenvalue weighted by Gasteiger charge is -2.37. The number of halogens is 1. The van der Waals surface area contributed by atoms with E-state index in [0.29, 0.717) is 75.0 Å². The highest BCUT2D eigenvalue weighted by molar-refractivity contribution is 7.91. The molecule has 0 spiro atoms. The molecule has 0 aliphatic carbocycles. The molecule has 0 saturated carbocycles. The third-order valence-electron chi connectivity index (χ3n) is 6.55. The maximum absolute atomic E-state index is 14.6. The maximum atomic E-state index is 14.6. The van der Waals surface area contributed by atoms with Crippen LogP contribution in [0.4, 0.5) is 15.8 Å². The Balaban J connectivity index is 1.56. The quantitative estimate of drug-likeness (QED) is 0.560. The van der Waals surface area contributed by atoms with Crippen molar-refractivity contribution in [2.45, 2.75) is 18.7 Å². The molecule has 4 rings (SSSR count). The van der Waals surface area contributed by atoms with Gasteiger partial charge in [0.2, 0.25) is 0 Å². The van der Waals surface area contributed by atoms with Gasteiger partial charge in [-0.2, -0.15) is 0 Å². The second-order valence-electron chi connectivity index (χ2n) is 8.68. The molecule has 1 amide bonds. The number of amides is 1. The number of carbonyl (C=O) groups excluding carboxylic acids is 2. The van der Waals surface area contributed by atoms with Crippen LogP contribution < -0.4 is 9.80 Å². The number of hydrogen-bond acceptors (Lipinski definition) is 7. The fourth-order valence-electron chi connectivity index (χ4n) is 4.43. The first-order chi connectivity index (χ1) is 16.7. The van der Waals surface area contributed by atoms with Gasteiger partial charge in [-0.25, -0.2) is 12.8 Å². The van der Waals surface area contributed by atoms with Gasteiger partial charge in [0.05, 0.1) is 35.1 Å². The van der Waals surface area contributed by atoms with Gasteiger partial charge >= 0.3 is 0 Å². The van der Waals surface area contributed by atoms with Gasteiger partial charge < -0.3 is 19.4 Å². The predicted octanol–water partition coefficient (Wildman–Crippen LogP) is 2.62. The van der Waals surface area contributed by atoms with E-state index >= 15 is 0 Å². The topological polar surface area (TPSA) is 87.2 Å². The molecule has 8 nitrogen and oxygen atoms in total. The number of carbonyl (C=O) groups is 2. The zero-order valence-electron chi connectivity index (χ0n) is 20.0. The van der Waals surface area contributed by atoms with Crippen LogP contribution in [-0.4, -0.2) is 83.2 Å². The Kier molecular flexibility index (Phi) is 7.42. The first-order valence-electron chi connectivity index (χ1n) is 11.8. The summed E-state index contributed by atoms with van der Waals surface area (Å²) in [6.45, 7) is 6.83. The van der Waals surface area contributed by atoms with Gasteiger partial charge in [0.25, 0.3) is 5.91 Å². The van der Waals surface area contributed by atoms with E-state index in [1.165, 1.54) is 19.1 Å². The van der Waals surface area contributed by atoms with Crippen molar-refractivity contribution in [3.63, 3.8) is 0 Å². The summed E-state index contributed by atoms with van der Waals surface area (Å²) < 4.78 is 45.1. The number of piperazine rings is 1. The smallest absolute Gasteiger partial charge is 0.256 e. The summed E-state index contributed by atoms with van der Waals surface area (Å²) >= 11 is 0. The van der Waals surface area contributed by atoms with Gasteiger partial charge in [-0.3, -0.25) is 9.59 Å². The molecule has 188 valence electrons. The van der Waals surface area contributed by atoms with Gasteiger partial charge in [-0.05, 0) is 43.3 Å². The summed E-state index contributed by atoms with van der Waals surface area (Å²) in [5.74, 6) is -0.963. The van der Waals surface area contributed by atoms with E-state index in [1.54, 1.807) is 36.1 Å². The lowest BCUT2D eigenvalue weighted by molar-refractivity contribution is 0.0745. The van der Waals surface area contributed by atoms with E-state index in [9.17, 15) is 22.4 Å². The second kappa shape index (κ2) is 10.3. The van der Waals surface area contributed by atoms with Crippen LogP contribution in [0.15, 0.2) is 41.3 Å². The Morgan fingerprint density at radius 2 is 1.54 bits per heavy atom. The van der Waals surface area contributed by atoms with E-state index in [2.05, 4.69) is 0 Å². The van der Waals surface area contributed by atoms with Crippen LogP contribution in [0.1, 0.15) is 34.6 Å². The van der Waals surface area contributed by atoms with Crippen molar-refractivity contribution < 1.29 is 27.1 Å². The number of Topliss-reactive ketones (excluding diaryl/α,β-unsaturated/α-hetero) is 1. The highest BCUT2D eigenvalue weighted by Gasteiger charge is 2.28. The molecule has 2 aliphatic rings. The number of ether oxygens (including phenoxy) is 1. The van der Waals surface area contributed by atoms with Gasteiger partial charge in [0.1, 0.15) is 5.82 Å². The molecular weight excluding hydrogens is 473 g/mol. The van der Waals surface area contributed by atoms with Crippen LogP contribution in [-0.2, 0) is 14.6 Å². The van der Waals surface area contributed by atoms with Crippen molar-refractivity contribution in [2.24, 2.45) is 0 Å². The van der Waals surface area contributed by atoms with E-state index in [1.807, 2.05) is 9.80 Å². The number of nitrogens with zero attached hydrogens (tertiary/aromatic N) is 3.